The molecular formula is C23H29N3O3. The SMILES string of the molecule is CC1(NC(=O)CN2[C@@H]3CC[C@H]2CC(CNC(=O)c2coc4ccccc24)C3)CC1. The molecule has 29 heavy (non-hydrogen) atoms. The van der Waals surface area contributed by atoms with Crippen molar-refractivity contribution >= 4 is 22.8 Å². The van der Waals surface area contributed by atoms with Crippen LogP contribution in [0.2, 0.25) is 0 Å². The first-order valence-electron chi connectivity index (χ1n) is 10.8. The molecule has 3 heterocycles. The second-order valence-corrected chi connectivity index (χ2v) is 9.36. The lowest BCUT2D eigenvalue weighted by atomic mass is 9.90. The molecule has 2 saturated heterocycles. The molecule has 1 aromatic heterocycles. The van der Waals surface area contributed by atoms with Gasteiger partial charge in [0.2, 0.25) is 5.91 Å². The van der Waals surface area contributed by atoms with Crippen LogP contribution in [0.25, 0.3) is 11.0 Å². The lowest BCUT2D eigenvalue weighted by Gasteiger charge is -2.38. The molecule has 6 nitrogen and oxygen atoms in total. The Kier molecular flexibility index (Phi) is 4.62. The van der Waals surface area contributed by atoms with E-state index in [-0.39, 0.29) is 17.4 Å². The molecule has 1 saturated carbocycles. The van der Waals surface area contributed by atoms with E-state index in [2.05, 4.69) is 22.5 Å². The Morgan fingerprint density at radius 2 is 1.90 bits per heavy atom. The van der Waals surface area contributed by atoms with Crippen LogP contribution in [0.3, 0.4) is 0 Å². The Morgan fingerprint density at radius 1 is 1.17 bits per heavy atom. The fourth-order valence-electron chi connectivity index (χ4n) is 5.15. The maximum Gasteiger partial charge on any atom is 0.255 e. The second-order valence-electron chi connectivity index (χ2n) is 9.36. The molecule has 1 aliphatic carbocycles. The van der Waals surface area contributed by atoms with Gasteiger partial charge in [-0.25, -0.2) is 0 Å². The van der Waals surface area contributed by atoms with E-state index in [0.29, 0.717) is 36.7 Å². The molecule has 0 spiro atoms. The quantitative estimate of drug-likeness (QED) is 0.788. The average molecular weight is 396 g/mol. The van der Waals surface area contributed by atoms with Crippen LogP contribution in [0.4, 0.5) is 0 Å². The molecule has 3 fully saturated rings. The highest BCUT2D eigenvalue weighted by molar-refractivity contribution is 6.05. The molecule has 2 amide bonds. The van der Waals surface area contributed by atoms with Crippen LogP contribution < -0.4 is 10.6 Å². The van der Waals surface area contributed by atoms with Crippen molar-refractivity contribution in [3.8, 4) is 0 Å². The summed E-state index contributed by atoms with van der Waals surface area (Å²) in [5.74, 6) is 0.567. The van der Waals surface area contributed by atoms with Crippen molar-refractivity contribution in [1.82, 2.24) is 15.5 Å². The highest BCUT2D eigenvalue weighted by Gasteiger charge is 2.43. The summed E-state index contributed by atoms with van der Waals surface area (Å²) in [6.45, 7) is 3.33. The minimum absolute atomic E-state index is 0.0516. The number of furan rings is 1. The molecular weight excluding hydrogens is 366 g/mol. The number of para-hydroxylation sites is 1. The third kappa shape index (κ3) is 3.78. The van der Waals surface area contributed by atoms with Crippen LogP contribution in [-0.4, -0.2) is 47.4 Å². The van der Waals surface area contributed by atoms with E-state index in [1.807, 2.05) is 24.3 Å². The normalized spacial score (nSPS) is 27.7. The zero-order valence-corrected chi connectivity index (χ0v) is 16.9. The number of hydrogen-bond acceptors (Lipinski definition) is 4. The number of piperidine rings is 1. The van der Waals surface area contributed by atoms with Crippen LogP contribution >= 0.6 is 0 Å². The van der Waals surface area contributed by atoms with Crippen LogP contribution in [0, 0.1) is 5.92 Å². The van der Waals surface area contributed by atoms with Gasteiger partial charge in [-0.1, -0.05) is 18.2 Å². The van der Waals surface area contributed by atoms with Gasteiger partial charge in [-0.2, -0.15) is 0 Å². The number of benzene rings is 1. The van der Waals surface area contributed by atoms with Crippen molar-refractivity contribution in [3.63, 3.8) is 0 Å². The van der Waals surface area contributed by atoms with E-state index in [1.54, 1.807) is 6.26 Å². The molecule has 1 unspecified atom stereocenters. The van der Waals surface area contributed by atoms with Gasteiger partial charge in [-0.3, -0.25) is 14.5 Å². The molecule has 2 N–H and O–H groups in total. The molecule has 0 radical (unpaired) electrons. The third-order valence-corrected chi connectivity index (χ3v) is 7.03. The summed E-state index contributed by atoms with van der Waals surface area (Å²) in [5, 5.41) is 7.15. The first-order valence-corrected chi connectivity index (χ1v) is 10.8. The van der Waals surface area contributed by atoms with E-state index in [4.69, 9.17) is 4.42 Å². The van der Waals surface area contributed by atoms with Crippen molar-refractivity contribution in [2.24, 2.45) is 5.92 Å². The number of rotatable bonds is 6. The van der Waals surface area contributed by atoms with Gasteiger partial charge in [0.1, 0.15) is 11.8 Å². The molecule has 3 atom stereocenters. The number of fused-ring (bicyclic) bond motifs is 3. The maximum atomic E-state index is 12.7. The standard InChI is InChI=1S/C23H29N3O3/c1-23(8-9-23)25-21(27)13-26-16-6-7-17(26)11-15(10-16)12-24-22(28)19-14-29-20-5-3-2-4-18(19)20/h2-5,14-17H,6-13H2,1H3,(H,24,28)(H,25,27)/t15?,16-,17+. The van der Waals surface area contributed by atoms with Crippen molar-refractivity contribution in [2.45, 2.75) is 63.1 Å². The summed E-state index contributed by atoms with van der Waals surface area (Å²) in [6, 6.07) is 8.54. The monoisotopic (exact) mass is 395 g/mol. The van der Waals surface area contributed by atoms with Crippen molar-refractivity contribution in [1.29, 1.82) is 0 Å². The minimum atomic E-state index is -0.0678. The van der Waals surface area contributed by atoms with Gasteiger partial charge < -0.3 is 15.1 Å². The molecule has 5 rings (SSSR count). The van der Waals surface area contributed by atoms with E-state index in [0.717, 1.165) is 49.5 Å². The number of carbonyl (C=O) groups is 2. The average Bonchev–Trinajstić information content (AvgIpc) is 3.18. The maximum absolute atomic E-state index is 12.7. The van der Waals surface area contributed by atoms with Gasteiger partial charge in [-0.15, -0.1) is 0 Å². The molecule has 6 heteroatoms. The summed E-state index contributed by atoms with van der Waals surface area (Å²) < 4.78 is 5.49. The Morgan fingerprint density at radius 3 is 2.62 bits per heavy atom. The van der Waals surface area contributed by atoms with Gasteiger partial charge in [-0.05, 0) is 57.4 Å². The number of amides is 2. The Balaban J connectivity index is 1.15. The van der Waals surface area contributed by atoms with Crippen molar-refractivity contribution < 1.29 is 14.0 Å². The van der Waals surface area contributed by atoms with E-state index >= 15 is 0 Å². The molecule has 3 aliphatic rings. The molecule has 2 aromatic rings. The summed E-state index contributed by atoms with van der Waals surface area (Å²) in [7, 11) is 0. The fraction of sp³-hybridized carbons (Fsp3) is 0.565. The van der Waals surface area contributed by atoms with Gasteiger partial charge in [0.15, 0.2) is 0 Å². The van der Waals surface area contributed by atoms with Crippen LogP contribution in [0.15, 0.2) is 34.9 Å². The lowest BCUT2D eigenvalue weighted by Crippen LogP contribution is -2.50. The van der Waals surface area contributed by atoms with Crippen molar-refractivity contribution in [2.75, 3.05) is 13.1 Å². The number of nitrogens with one attached hydrogen (secondary N) is 2. The van der Waals surface area contributed by atoms with E-state index in [9.17, 15) is 9.59 Å². The van der Waals surface area contributed by atoms with Gasteiger partial charge >= 0.3 is 0 Å². The highest BCUT2D eigenvalue weighted by atomic mass is 16.3. The van der Waals surface area contributed by atoms with Crippen LogP contribution in [0.5, 0.6) is 0 Å². The van der Waals surface area contributed by atoms with Crippen LogP contribution in [0.1, 0.15) is 55.8 Å². The summed E-state index contributed by atoms with van der Waals surface area (Å²) >= 11 is 0. The summed E-state index contributed by atoms with van der Waals surface area (Å²) in [5.41, 5.74) is 1.39. The second kappa shape index (κ2) is 7.17. The number of nitrogens with zero attached hydrogens (tertiary/aromatic N) is 1. The Bertz CT molecular complexity index is 918. The Hall–Kier alpha value is -2.34. The minimum Gasteiger partial charge on any atom is -0.463 e. The van der Waals surface area contributed by atoms with Crippen LogP contribution in [-0.2, 0) is 4.79 Å². The lowest BCUT2D eigenvalue weighted by molar-refractivity contribution is -0.124. The first kappa shape index (κ1) is 18.7. The summed E-state index contributed by atoms with van der Waals surface area (Å²) in [6.07, 6.45) is 8.16. The molecule has 2 aliphatic heterocycles. The van der Waals surface area contributed by atoms with Gasteiger partial charge in [0.05, 0.1) is 12.1 Å². The van der Waals surface area contributed by atoms with E-state index < -0.39 is 0 Å². The first-order chi connectivity index (χ1) is 14.0. The molecule has 2 bridgehead atoms. The van der Waals surface area contributed by atoms with Crippen molar-refractivity contribution in [3.05, 3.63) is 36.1 Å². The third-order valence-electron chi connectivity index (χ3n) is 7.03. The van der Waals surface area contributed by atoms with Gasteiger partial charge in [0, 0.05) is 29.6 Å². The number of carbonyl (C=O) groups excluding carboxylic acids is 2. The predicted molar refractivity (Wildman–Crippen MR) is 111 cm³/mol. The zero-order valence-electron chi connectivity index (χ0n) is 16.9. The topological polar surface area (TPSA) is 74.6 Å². The summed E-state index contributed by atoms with van der Waals surface area (Å²) in [4.78, 5) is 27.5. The van der Waals surface area contributed by atoms with E-state index in [1.165, 1.54) is 0 Å². The smallest absolute Gasteiger partial charge is 0.255 e. The molecule has 154 valence electrons. The predicted octanol–water partition coefficient (Wildman–Crippen LogP) is 3.07. The highest BCUT2D eigenvalue weighted by Crippen LogP contribution is 2.39. The zero-order chi connectivity index (χ0) is 20.0. The molecule has 1 aromatic carbocycles. The largest absolute Gasteiger partial charge is 0.463 e. The number of hydrogen-bond donors (Lipinski definition) is 2. The fourth-order valence-corrected chi connectivity index (χ4v) is 5.15. The Labute approximate surface area is 171 Å². The van der Waals surface area contributed by atoms with Gasteiger partial charge in [0.25, 0.3) is 5.91 Å².